The summed E-state index contributed by atoms with van der Waals surface area (Å²) in [6.07, 6.45) is 2.94. The van der Waals surface area contributed by atoms with Crippen LogP contribution in [0, 0.1) is 0 Å². The normalized spacial score (nSPS) is 16.7. The van der Waals surface area contributed by atoms with Gasteiger partial charge in [0.05, 0.1) is 6.04 Å². The van der Waals surface area contributed by atoms with Crippen LogP contribution >= 0.6 is 11.3 Å². The minimum atomic E-state index is 0.113. The maximum atomic E-state index is 4.71. The molecule has 9 heteroatoms. The molecule has 0 amide bonds. The van der Waals surface area contributed by atoms with Gasteiger partial charge in [0.2, 0.25) is 0 Å². The fraction of sp³-hybridized carbons (Fsp3) is 0.353. The monoisotopic (exact) mass is 366 g/mol. The topological polar surface area (TPSA) is 85.8 Å². The molecule has 5 heterocycles. The number of nitrogens with zero attached hydrogens (tertiary/aromatic N) is 7. The summed E-state index contributed by atoms with van der Waals surface area (Å²) in [5.41, 5.74) is 1.76. The first-order chi connectivity index (χ1) is 12.8. The van der Waals surface area contributed by atoms with E-state index in [1.54, 1.807) is 15.9 Å². The quantitative estimate of drug-likeness (QED) is 0.598. The minimum absolute atomic E-state index is 0.113. The van der Waals surface area contributed by atoms with Crippen molar-refractivity contribution < 1.29 is 0 Å². The summed E-state index contributed by atoms with van der Waals surface area (Å²) in [5, 5.41) is 25.4. The van der Waals surface area contributed by atoms with Crippen LogP contribution in [0.25, 0.3) is 17.0 Å². The molecule has 8 nitrogen and oxygen atoms in total. The van der Waals surface area contributed by atoms with Crippen molar-refractivity contribution in [3.05, 3.63) is 40.6 Å². The number of thiophene rings is 1. The van der Waals surface area contributed by atoms with E-state index in [2.05, 4.69) is 32.5 Å². The number of fused-ring (bicyclic) bond motifs is 2. The first-order valence-corrected chi connectivity index (χ1v) is 9.71. The third-order valence-corrected chi connectivity index (χ3v) is 5.28. The fourth-order valence-corrected chi connectivity index (χ4v) is 3.94. The number of hydrogen-bond acceptors (Lipinski definition) is 7. The van der Waals surface area contributed by atoms with Gasteiger partial charge in [0, 0.05) is 23.9 Å². The minimum Gasteiger partial charge on any atom is -0.359 e. The van der Waals surface area contributed by atoms with Gasteiger partial charge in [-0.2, -0.15) is 21.0 Å². The summed E-state index contributed by atoms with van der Waals surface area (Å²) in [6.45, 7) is 3.01. The van der Waals surface area contributed by atoms with E-state index in [0.717, 1.165) is 60.3 Å². The molecule has 26 heavy (non-hydrogen) atoms. The van der Waals surface area contributed by atoms with E-state index in [1.165, 1.54) is 0 Å². The second-order valence-electron chi connectivity index (χ2n) is 6.33. The van der Waals surface area contributed by atoms with Gasteiger partial charge in [-0.05, 0) is 36.4 Å². The van der Waals surface area contributed by atoms with Gasteiger partial charge in [-0.25, -0.2) is 9.67 Å². The van der Waals surface area contributed by atoms with E-state index in [-0.39, 0.29) is 6.04 Å². The maximum Gasteiger partial charge on any atom is 0.186 e. The van der Waals surface area contributed by atoms with Crippen LogP contribution in [0.1, 0.15) is 37.5 Å². The van der Waals surface area contributed by atoms with Crippen LogP contribution in [0.5, 0.6) is 0 Å². The van der Waals surface area contributed by atoms with Crippen LogP contribution in [-0.4, -0.2) is 34.6 Å². The molecule has 1 N–H and O–H groups in total. The Morgan fingerprint density at radius 3 is 3.04 bits per heavy atom. The molecule has 0 saturated carbocycles. The summed E-state index contributed by atoms with van der Waals surface area (Å²) >= 11 is 1.63. The summed E-state index contributed by atoms with van der Waals surface area (Å²) < 4.78 is 3.81. The highest BCUT2D eigenvalue weighted by Gasteiger charge is 2.24. The van der Waals surface area contributed by atoms with E-state index in [0.29, 0.717) is 0 Å². The molecule has 1 aliphatic heterocycles. The highest BCUT2D eigenvalue weighted by Crippen LogP contribution is 2.27. The Labute approximate surface area is 153 Å². The molecule has 4 aromatic heterocycles. The molecule has 1 aliphatic rings. The standard InChI is InChI=1S/C17H18N8S/c1-2-13-19-17-12(4-3-8-24(17)22-13)18-14-5-6-15-20-21-16(25(15)23-14)11-7-9-26-10-11/h5-7,9-10,12H,2-4,8H2,1H3,(H,18,23). The molecular weight excluding hydrogens is 348 g/mol. The summed E-state index contributed by atoms with van der Waals surface area (Å²) in [7, 11) is 0. The van der Waals surface area contributed by atoms with Crippen molar-refractivity contribution in [2.75, 3.05) is 5.32 Å². The van der Waals surface area contributed by atoms with E-state index in [9.17, 15) is 0 Å². The Bertz CT molecular complexity index is 1050. The molecule has 0 bridgehead atoms. The van der Waals surface area contributed by atoms with Crippen molar-refractivity contribution in [3.63, 3.8) is 0 Å². The molecule has 0 aromatic carbocycles. The zero-order valence-corrected chi connectivity index (χ0v) is 15.1. The van der Waals surface area contributed by atoms with E-state index in [1.807, 2.05) is 33.6 Å². The highest BCUT2D eigenvalue weighted by atomic mass is 32.1. The zero-order chi connectivity index (χ0) is 17.5. The average molecular weight is 366 g/mol. The molecule has 0 aliphatic carbocycles. The number of nitrogens with one attached hydrogen (secondary N) is 1. The Morgan fingerprint density at radius 1 is 1.23 bits per heavy atom. The fourth-order valence-electron chi connectivity index (χ4n) is 3.30. The van der Waals surface area contributed by atoms with E-state index in [4.69, 9.17) is 5.10 Å². The summed E-state index contributed by atoms with van der Waals surface area (Å²) in [6, 6.07) is 6.02. The third kappa shape index (κ3) is 2.55. The van der Waals surface area contributed by atoms with Crippen LogP contribution in [0.4, 0.5) is 5.82 Å². The SMILES string of the molecule is CCc1nc2n(n1)CCCC2Nc1ccc2nnc(-c3ccsc3)n2n1. The first-order valence-electron chi connectivity index (χ1n) is 8.77. The molecule has 0 spiro atoms. The number of rotatable bonds is 4. The lowest BCUT2D eigenvalue weighted by molar-refractivity contribution is 0.436. The predicted molar refractivity (Wildman–Crippen MR) is 99.1 cm³/mol. The largest absolute Gasteiger partial charge is 0.359 e. The smallest absolute Gasteiger partial charge is 0.186 e. The molecule has 1 atom stereocenters. The van der Waals surface area contributed by atoms with Crippen molar-refractivity contribution in [2.24, 2.45) is 0 Å². The number of hydrogen-bond donors (Lipinski definition) is 1. The molecular formula is C17H18N8S. The van der Waals surface area contributed by atoms with Crippen molar-refractivity contribution >= 4 is 22.8 Å². The molecule has 4 aromatic rings. The van der Waals surface area contributed by atoms with E-state index < -0.39 is 0 Å². The van der Waals surface area contributed by atoms with Gasteiger partial charge in [-0.3, -0.25) is 0 Å². The van der Waals surface area contributed by atoms with Crippen LogP contribution in [0.2, 0.25) is 0 Å². The van der Waals surface area contributed by atoms with Crippen molar-refractivity contribution in [2.45, 2.75) is 38.8 Å². The summed E-state index contributed by atoms with van der Waals surface area (Å²) in [4.78, 5) is 4.69. The third-order valence-electron chi connectivity index (χ3n) is 4.60. The van der Waals surface area contributed by atoms with Crippen LogP contribution in [-0.2, 0) is 13.0 Å². The van der Waals surface area contributed by atoms with E-state index >= 15 is 0 Å². The second kappa shape index (κ2) is 6.17. The van der Waals surface area contributed by atoms with Gasteiger partial charge in [0.25, 0.3) is 0 Å². The van der Waals surface area contributed by atoms with Gasteiger partial charge < -0.3 is 5.32 Å². The van der Waals surface area contributed by atoms with Gasteiger partial charge in [0.15, 0.2) is 17.3 Å². The Morgan fingerprint density at radius 2 is 2.19 bits per heavy atom. The van der Waals surface area contributed by atoms with Crippen molar-refractivity contribution in [1.29, 1.82) is 0 Å². The Hall–Kier alpha value is -2.81. The molecule has 1 unspecified atom stereocenters. The van der Waals surface area contributed by atoms with Gasteiger partial charge >= 0.3 is 0 Å². The predicted octanol–water partition coefficient (Wildman–Crippen LogP) is 2.95. The number of aryl methyl sites for hydroxylation is 2. The molecule has 5 rings (SSSR count). The number of aromatic nitrogens is 7. The lowest BCUT2D eigenvalue weighted by atomic mass is 10.1. The molecule has 0 radical (unpaired) electrons. The molecule has 0 saturated heterocycles. The maximum absolute atomic E-state index is 4.71. The first kappa shape index (κ1) is 15.4. The lowest BCUT2D eigenvalue weighted by Crippen LogP contribution is -2.23. The summed E-state index contributed by atoms with van der Waals surface area (Å²) in [5.74, 6) is 3.44. The van der Waals surface area contributed by atoms with Gasteiger partial charge in [-0.15, -0.1) is 15.3 Å². The Balaban J connectivity index is 1.49. The van der Waals surface area contributed by atoms with Gasteiger partial charge in [-0.1, -0.05) is 6.92 Å². The molecule has 132 valence electrons. The van der Waals surface area contributed by atoms with Crippen LogP contribution < -0.4 is 5.32 Å². The Kier molecular flexibility index (Phi) is 3.66. The lowest BCUT2D eigenvalue weighted by Gasteiger charge is -2.23. The van der Waals surface area contributed by atoms with Crippen molar-refractivity contribution in [3.8, 4) is 11.4 Å². The highest BCUT2D eigenvalue weighted by molar-refractivity contribution is 7.08. The molecule has 0 fully saturated rings. The van der Waals surface area contributed by atoms with Crippen molar-refractivity contribution in [1.82, 2.24) is 34.6 Å². The van der Waals surface area contributed by atoms with Crippen LogP contribution in [0.3, 0.4) is 0 Å². The average Bonchev–Trinajstić information content (AvgIpc) is 3.40. The zero-order valence-electron chi connectivity index (χ0n) is 14.3. The second-order valence-corrected chi connectivity index (χ2v) is 7.11. The van der Waals surface area contributed by atoms with Gasteiger partial charge in [0.1, 0.15) is 11.6 Å². The van der Waals surface area contributed by atoms with Crippen LogP contribution in [0.15, 0.2) is 29.0 Å². The number of anilines is 1.